The van der Waals surface area contributed by atoms with Crippen LogP contribution >= 0.6 is 11.6 Å². The molecule has 0 saturated carbocycles. The van der Waals surface area contributed by atoms with E-state index in [1.54, 1.807) is 6.92 Å². The van der Waals surface area contributed by atoms with Gasteiger partial charge in [0.05, 0.1) is 7.11 Å². The SMILES string of the molecule is COC(=O)C(C)(CC(C)=CCl)C(=O)O. The molecule has 5 heteroatoms. The van der Waals surface area contributed by atoms with E-state index in [2.05, 4.69) is 4.74 Å². The van der Waals surface area contributed by atoms with Gasteiger partial charge in [0.15, 0.2) is 5.41 Å². The van der Waals surface area contributed by atoms with E-state index >= 15 is 0 Å². The lowest BCUT2D eigenvalue weighted by Gasteiger charge is -2.21. The summed E-state index contributed by atoms with van der Waals surface area (Å²) in [5, 5.41) is 8.91. The summed E-state index contributed by atoms with van der Waals surface area (Å²) >= 11 is 5.40. The van der Waals surface area contributed by atoms with Crippen molar-refractivity contribution < 1.29 is 19.4 Å². The number of carboxylic acid groups (broad SMARTS) is 1. The number of carbonyl (C=O) groups excluding carboxylic acids is 1. The molecule has 1 unspecified atom stereocenters. The highest BCUT2D eigenvalue weighted by Gasteiger charge is 2.42. The van der Waals surface area contributed by atoms with Gasteiger partial charge in [0.2, 0.25) is 0 Å². The normalized spacial score (nSPS) is 15.9. The van der Waals surface area contributed by atoms with Crippen LogP contribution in [0.5, 0.6) is 0 Å². The number of hydrogen-bond acceptors (Lipinski definition) is 3. The molecule has 80 valence electrons. The number of ether oxygens (including phenoxy) is 1. The second-order valence-electron chi connectivity index (χ2n) is 3.26. The third kappa shape index (κ3) is 2.73. The molecule has 0 aliphatic heterocycles. The van der Waals surface area contributed by atoms with Gasteiger partial charge in [-0.3, -0.25) is 9.59 Å². The molecule has 0 amide bonds. The molecule has 0 aromatic carbocycles. The zero-order valence-corrected chi connectivity index (χ0v) is 9.09. The van der Waals surface area contributed by atoms with Gasteiger partial charge in [-0.1, -0.05) is 17.2 Å². The average molecular weight is 221 g/mol. The van der Waals surface area contributed by atoms with Gasteiger partial charge in [-0.25, -0.2) is 0 Å². The van der Waals surface area contributed by atoms with E-state index < -0.39 is 17.4 Å². The third-order valence-corrected chi connectivity index (χ3v) is 2.30. The fourth-order valence-corrected chi connectivity index (χ4v) is 1.13. The molecule has 0 fully saturated rings. The Bertz CT molecular complexity index is 272. The lowest BCUT2D eigenvalue weighted by Crippen LogP contribution is -2.37. The largest absolute Gasteiger partial charge is 0.480 e. The molecule has 0 bridgehead atoms. The lowest BCUT2D eigenvalue weighted by molar-refractivity contribution is -0.165. The van der Waals surface area contributed by atoms with Gasteiger partial charge in [0, 0.05) is 5.54 Å². The molecule has 0 rings (SSSR count). The molecular formula is C9H13ClO4. The van der Waals surface area contributed by atoms with Gasteiger partial charge in [0.25, 0.3) is 0 Å². The first kappa shape index (κ1) is 13.0. The first-order valence-electron chi connectivity index (χ1n) is 3.96. The zero-order valence-electron chi connectivity index (χ0n) is 8.33. The first-order chi connectivity index (χ1) is 6.38. The molecule has 14 heavy (non-hydrogen) atoms. The van der Waals surface area contributed by atoms with Gasteiger partial charge in [-0.15, -0.1) is 0 Å². The third-order valence-electron chi connectivity index (χ3n) is 1.93. The molecule has 0 saturated heterocycles. The van der Waals surface area contributed by atoms with Crippen molar-refractivity contribution in [2.75, 3.05) is 7.11 Å². The molecule has 4 nitrogen and oxygen atoms in total. The van der Waals surface area contributed by atoms with Gasteiger partial charge in [-0.2, -0.15) is 0 Å². The van der Waals surface area contributed by atoms with E-state index in [-0.39, 0.29) is 6.42 Å². The number of aliphatic carboxylic acids is 1. The Morgan fingerprint density at radius 1 is 1.57 bits per heavy atom. The zero-order chi connectivity index (χ0) is 11.4. The number of methoxy groups -OCH3 is 1. The summed E-state index contributed by atoms with van der Waals surface area (Å²) in [5.41, 5.74) is 0.302. The number of carboxylic acids is 1. The fourth-order valence-electron chi connectivity index (χ4n) is 1.06. The van der Waals surface area contributed by atoms with Crippen molar-refractivity contribution in [3.63, 3.8) is 0 Å². The van der Waals surface area contributed by atoms with Gasteiger partial charge in [0.1, 0.15) is 0 Å². The highest BCUT2D eigenvalue weighted by molar-refractivity contribution is 6.25. The van der Waals surface area contributed by atoms with Crippen LogP contribution in [-0.2, 0) is 14.3 Å². The Balaban J connectivity index is 4.92. The van der Waals surface area contributed by atoms with Crippen molar-refractivity contribution >= 4 is 23.5 Å². The van der Waals surface area contributed by atoms with Crippen molar-refractivity contribution in [2.24, 2.45) is 5.41 Å². The monoisotopic (exact) mass is 220 g/mol. The van der Waals surface area contributed by atoms with Crippen molar-refractivity contribution in [2.45, 2.75) is 20.3 Å². The van der Waals surface area contributed by atoms with Crippen LogP contribution in [0.1, 0.15) is 20.3 Å². The maximum absolute atomic E-state index is 11.3. The molecule has 0 aliphatic carbocycles. The fraction of sp³-hybridized carbons (Fsp3) is 0.556. The predicted octanol–water partition coefficient (Wildman–Crippen LogP) is 1.78. The minimum absolute atomic E-state index is 0.0402. The second kappa shape index (κ2) is 5.00. The lowest BCUT2D eigenvalue weighted by atomic mass is 9.84. The van der Waals surface area contributed by atoms with E-state index in [1.165, 1.54) is 12.5 Å². The van der Waals surface area contributed by atoms with Crippen molar-refractivity contribution in [3.05, 3.63) is 11.1 Å². The van der Waals surface area contributed by atoms with E-state index in [0.29, 0.717) is 5.57 Å². The first-order valence-corrected chi connectivity index (χ1v) is 4.39. The smallest absolute Gasteiger partial charge is 0.323 e. The molecule has 0 spiro atoms. The van der Waals surface area contributed by atoms with E-state index in [0.717, 1.165) is 7.11 Å². The van der Waals surface area contributed by atoms with Crippen LogP contribution in [0, 0.1) is 5.41 Å². The molecule has 1 atom stereocenters. The predicted molar refractivity (Wildman–Crippen MR) is 52.0 cm³/mol. The Morgan fingerprint density at radius 2 is 2.07 bits per heavy atom. The van der Waals surface area contributed by atoms with Crippen LogP contribution in [0.15, 0.2) is 11.1 Å². The quantitative estimate of drug-likeness (QED) is 0.580. The highest BCUT2D eigenvalue weighted by Crippen LogP contribution is 2.28. The van der Waals surface area contributed by atoms with Gasteiger partial charge in [-0.05, 0) is 20.3 Å². The van der Waals surface area contributed by atoms with Gasteiger partial charge < -0.3 is 9.84 Å². The Morgan fingerprint density at radius 3 is 2.36 bits per heavy atom. The van der Waals surface area contributed by atoms with E-state index in [4.69, 9.17) is 16.7 Å². The summed E-state index contributed by atoms with van der Waals surface area (Å²) in [5.74, 6) is -2.00. The van der Waals surface area contributed by atoms with Crippen LogP contribution in [0.25, 0.3) is 0 Å². The molecule has 0 aromatic heterocycles. The highest BCUT2D eigenvalue weighted by atomic mass is 35.5. The standard InChI is InChI=1S/C9H13ClO4/c1-6(5-10)4-9(2,7(11)12)8(13)14-3/h5H,4H2,1-3H3,(H,11,12). The van der Waals surface area contributed by atoms with Crippen molar-refractivity contribution in [1.82, 2.24) is 0 Å². The molecule has 0 radical (unpaired) electrons. The summed E-state index contributed by atoms with van der Waals surface area (Å²) in [6.07, 6.45) is 0.0402. The molecule has 0 aliphatic rings. The van der Waals surface area contributed by atoms with Crippen molar-refractivity contribution in [3.8, 4) is 0 Å². The van der Waals surface area contributed by atoms with Crippen LogP contribution in [0.2, 0.25) is 0 Å². The summed E-state index contributed by atoms with van der Waals surface area (Å²) < 4.78 is 4.43. The summed E-state index contributed by atoms with van der Waals surface area (Å²) in [4.78, 5) is 22.2. The summed E-state index contributed by atoms with van der Waals surface area (Å²) in [6.45, 7) is 2.96. The average Bonchev–Trinajstić information content (AvgIpc) is 2.15. The van der Waals surface area contributed by atoms with Gasteiger partial charge >= 0.3 is 11.9 Å². The molecule has 0 aromatic rings. The van der Waals surface area contributed by atoms with Crippen molar-refractivity contribution in [1.29, 1.82) is 0 Å². The van der Waals surface area contributed by atoms with Crippen LogP contribution in [-0.4, -0.2) is 24.2 Å². The maximum Gasteiger partial charge on any atom is 0.323 e. The molecule has 1 N–H and O–H groups in total. The summed E-state index contributed by atoms with van der Waals surface area (Å²) in [6, 6.07) is 0. The Kier molecular flexibility index (Phi) is 4.63. The number of halogens is 1. The van der Waals surface area contributed by atoms with E-state index in [1.807, 2.05) is 0 Å². The minimum atomic E-state index is -1.57. The number of hydrogen-bond donors (Lipinski definition) is 1. The Labute approximate surface area is 87.5 Å². The Hall–Kier alpha value is -1.03. The molecular weight excluding hydrogens is 208 g/mol. The number of esters is 1. The van der Waals surface area contributed by atoms with Crippen LogP contribution < -0.4 is 0 Å². The topological polar surface area (TPSA) is 63.6 Å². The minimum Gasteiger partial charge on any atom is -0.480 e. The van der Waals surface area contributed by atoms with Crippen LogP contribution in [0.3, 0.4) is 0 Å². The van der Waals surface area contributed by atoms with E-state index in [9.17, 15) is 9.59 Å². The maximum atomic E-state index is 11.3. The number of rotatable bonds is 4. The number of carbonyl (C=O) groups is 2. The summed E-state index contributed by atoms with van der Waals surface area (Å²) in [7, 11) is 1.16. The number of allylic oxidation sites excluding steroid dienone is 1. The van der Waals surface area contributed by atoms with Crippen LogP contribution in [0.4, 0.5) is 0 Å². The second-order valence-corrected chi connectivity index (χ2v) is 3.48. The molecule has 0 heterocycles.